The second-order valence-corrected chi connectivity index (χ2v) is 20.8. The van der Waals surface area contributed by atoms with Gasteiger partial charge in [0.05, 0.1) is 11.4 Å². The molecule has 0 amide bonds. The number of hydrogen-bond donors (Lipinski definition) is 0. The molecule has 290 valence electrons. The van der Waals surface area contributed by atoms with Crippen molar-refractivity contribution in [3.05, 3.63) is 231 Å². The molecule has 0 unspecified atom stereocenters. The monoisotopic (exact) mass is 796 g/mol. The van der Waals surface area contributed by atoms with Crippen molar-refractivity contribution in [2.75, 3.05) is 9.80 Å². The summed E-state index contributed by atoms with van der Waals surface area (Å²) < 4.78 is 0. The van der Waals surface area contributed by atoms with Crippen LogP contribution in [0.4, 0.5) is 34.1 Å². The van der Waals surface area contributed by atoms with Gasteiger partial charge in [-0.25, -0.2) is 0 Å². The van der Waals surface area contributed by atoms with E-state index in [2.05, 4.69) is 253 Å². The quantitative estimate of drug-likeness (QED) is 0.112. The van der Waals surface area contributed by atoms with E-state index in [4.69, 9.17) is 0 Å². The molecule has 0 aromatic heterocycles. The van der Waals surface area contributed by atoms with Crippen LogP contribution in [0.2, 0.25) is 13.1 Å². The fourth-order valence-corrected chi connectivity index (χ4v) is 12.8. The van der Waals surface area contributed by atoms with E-state index in [1.54, 1.807) is 0 Å². The van der Waals surface area contributed by atoms with Crippen molar-refractivity contribution < 1.29 is 0 Å². The lowest BCUT2D eigenvalue weighted by molar-refractivity contribution is 1.29. The number of rotatable bonds is 8. The average Bonchev–Trinajstić information content (AvgIpc) is 3.32. The van der Waals surface area contributed by atoms with Gasteiger partial charge in [-0.15, -0.1) is 0 Å². The maximum absolute atomic E-state index is 2.54. The molecule has 0 radical (unpaired) electrons. The van der Waals surface area contributed by atoms with Crippen LogP contribution in [0.1, 0.15) is 0 Å². The molecular formula is C58H44N2Si. The van der Waals surface area contributed by atoms with Crippen LogP contribution in [-0.2, 0) is 0 Å². The second-order valence-electron chi connectivity index (χ2n) is 16.5. The van der Waals surface area contributed by atoms with Gasteiger partial charge in [0.15, 0.2) is 0 Å². The lowest BCUT2D eigenvalue weighted by atomic mass is 9.92. The largest absolute Gasteiger partial charge is 0.310 e. The smallest absolute Gasteiger partial charge is 0.113 e. The number of para-hydroxylation sites is 4. The minimum Gasteiger partial charge on any atom is -0.310 e. The maximum atomic E-state index is 2.54. The van der Waals surface area contributed by atoms with Gasteiger partial charge in [-0.2, -0.15) is 0 Å². The predicted octanol–water partition coefficient (Wildman–Crippen LogP) is 15.1. The Morgan fingerprint density at radius 3 is 1.38 bits per heavy atom. The van der Waals surface area contributed by atoms with E-state index >= 15 is 0 Å². The Labute approximate surface area is 359 Å². The van der Waals surface area contributed by atoms with Crippen molar-refractivity contribution in [2.45, 2.75) is 13.1 Å². The highest BCUT2D eigenvalue weighted by atomic mass is 28.3. The van der Waals surface area contributed by atoms with Crippen LogP contribution in [-0.4, -0.2) is 8.07 Å². The summed E-state index contributed by atoms with van der Waals surface area (Å²) in [6.45, 7) is 5.08. The van der Waals surface area contributed by atoms with Gasteiger partial charge < -0.3 is 9.80 Å². The number of benzene rings is 10. The average molecular weight is 797 g/mol. The van der Waals surface area contributed by atoms with Crippen LogP contribution in [0.5, 0.6) is 0 Å². The molecule has 1 aliphatic rings. The summed E-state index contributed by atoms with van der Waals surface area (Å²) in [7, 11) is -2.23. The van der Waals surface area contributed by atoms with E-state index < -0.39 is 8.07 Å². The Morgan fingerprint density at radius 1 is 0.311 bits per heavy atom. The highest BCUT2D eigenvalue weighted by Crippen LogP contribution is 2.46. The zero-order chi connectivity index (χ0) is 40.9. The molecule has 10 aromatic carbocycles. The van der Waals surface area contributed by atoms with Crippen molar-refractivity contribution in [2.24, 2.45) is 0 Å². The van der Waals surface area contributed by atoms with Gasteiger partial charge in [0.2, 0.25) is 0 Å². The minimum absolute atomic E-state index is 1.13. The normalized spacial score (nSPS) is 12.6. The minimum atomic E-state index is -2.23. The molecule has 2 nitrogen and oxygen atoms in total. The highest BCUT2D eigenvalue weighted by molar-refractivity contribution is 7.03. The summed E-state index contributed by atoms with van der Waals surface area (Å²) in [6, 6.07) is 84.4. The van der Waals surface area contributed by atoms with Crippen LogP contribution in [0.25, 0.3) is 54.9 Å². The molecule has 61 heavy (non-hydrogen) atoms. The van der Waals surface area contributed by atoms with E-state index in [1.165, 1.54) is 71.0 Å². The molecule has 0 N–H and O–H groups in total. The number of nitrogens with zero attached hydrogens (tertiary/aromatic N) is 2. The maximum Gasteiger partial charge on any atom is 0.113 e. The summed E-state index contributed by atoms with van der Waals surface area (Å²) in [5, 5.41) is 8.18. The van der Waals surface area contributed by atoms with Gasteiger partial charge in [-0.05, 0) is 121 Å². The lowest BCUT2D eigenvalue weighted by Crippen LogP contribution is -2.56. The Kier molecular flexibility index (Phi) is 8.98. The van der Waals surface area contributed by atoms with Crippen molar-refractivity contribution in [3.8, 4) is 33.4 Å². The number of fused-ring (bicyclic) bond motifs is 4. The molecule has 10 aromatic rings. The van der Waals surface area contributed by atoms with Gasteiger partial charge in [-0.3, -0.25) is 0 Å². The van der Waals surface area contributed by atoms with Crippen molar-refractivity contribution in [1.82, 2.24) is 0 Å². The third-order valence-corrected chi connectivity index (χ3v) is 16.1. The van der Waals surface area contributed by atoms with Crippen LogP contribution in [0.15, 0.2) is 231 Å². The van der Waals surface area contributed by atoms with Crippen LogP contribution < -0.4 is 20.2 Å². The summed E-state index contributed by atoms with van der Waals surface area (Å²) in [5.74, 6) is 0. The molecule has 0 bridgehead atoms. The molecule has 0 fully saturated rings. The molecule has 0 aliphatic carbocycles. The summed E-state index contributed by atoms with van der Waals surface area (Å²) in [5.41, 5.74) is 14.4. The standard InChI is InChI=1S/C58H44N2Si/c1-61(2)56-33-19-30-51-52-39-46(59(44-24-11-5-12-25-44)54-31-17-15-28-48(54)41-20-7-3-8-21-41)35-34-43(52)38-53(58(51)56)50-37-36-47(40-57(50)61)60(45-26-13-6-14-27-45)55-32-18-16-29-49(55)42-22-9-4-10-23-42/h3-40H,1-2H3. The molecule has 0 atom stereocenters. The van der Waals surface area contributed by atoms with E-state index in [-0.39, 0.29) is 0 Å². The first-order chi connectivity index (χ1) is 30.0. The van der Waals surface area contributed by atoms with Gasteiger partial charge in [-0.1, -0.05) is 177 Å². The van der Waals surface area contributed by atoms with E-state index in [9.17, 15) is 0 Å². The van der Waals surface area contributed by atoms with E-state index in [0.29, 0.717) is 0 Å². The summed E-state index contributed by atoms with van der Waals surface area (Å²) >= 11 is 0. The van der Waals surface area contributed by atoms with Crippen LogP contribution in [0.3, 0.4) is 0 Å². The van der Waals surface area contributed by atoms with E-state index in [1.807, 2.05) is 0 Å². The van der Waals surface area contributed by atoms with Gasteiger partial charge in [0.25, 0.3) is 0 Å². The molecular weight excluding hydrogens is 753 g/mol. The molecule has 0 saturated carbocycles. The topological polar surface area (TPSA) is 6.48 Å². The van der Waals surface area contributed by atoms with Gasteiger partial charge in [0.1, 0.15) is 8.07 Å². The molecule has 1 aliphatic heterocycles. The molecule has 3 heteroatoms. The fraction of sp³-hybridized carbons (Fsp3) is 0.0345. The number of anilines is 6. The SMILES string of the molecule is C[Si]1(C)c2cc(N(c3ccccc3)c3ccccc3-c3ccccc3)ccc2-c2cc3ccc(N(c4ccccc4)c4ccccc4-c4ccccc4)cc3c3cccc1c23. The van der Waals surface area contributed by atoms with Crippen LogP contribution in [0, 0.1) is 0 Å². The Balaban J connectivity index is 1.09. The molecule has 0 saturated heterocycles. The molecule has 11 rings (SSSR count). The Morgan fingerprint density at radius 2 is 0.803 bits per heavy atom. The lowest BCUT2D eigenvalue weighted by Gasteiger charge is -2.36. The van der Waals surface area contributed by atoms with Crippen molar-refractivity contribution in [1.29, 1.82) is 0 Å². The van der Waals surface area contributed by atoms with Crippen molar-refractivity contribution >= 4 is 74.1 Å². The van der Waals surface area contributed by atoms with Gasteiger partial charge >= 0.3 is 0 Å². The third-order valence-electron chi connectivity index (χ3n) is 12.6. The first-order valence-corrected chi connectivity index (χ1v) is 24.2. The summed E-state index contributed by atoms with van der Waals surface area (Å²) in [4.78, 5) is 4.86. The first-order valence-electron chi connectivity index (χ1n) is 21.2. The van der Waals surface area contributed by atoms with Crippen molar-refractivity contribution in [3.63, 3.8) is 0 Å². The van der Waals surface area contributed by atoms with Crippen LogP contribution >= 0.6 is 0 Å². The predicted molar refractivity (Wildman–Crippen MR) is 264 cm³/mol. The Bertz CT molecular complexity index is 3220. The highest BCUT2D eigenvalue weighted by Gasteiger charge is 2.36. The van der Waals surface area contributed by atoms with Gasteiger partial charge in [0, 0.05) is 33.9 Å². The molecule has 0 spiro atoms. The Hall–Kier alpha value is -7.46. The second kappa shape index (κ2) is 15.0. The third kappa shape index (κ3) is 6.25. The molecule has 1 heterocycles. The first kappa shape index (κ1) is 36.6. The number of hydrogen-bond acceptors (Lipinski definition) is 2. The fourth-order valence-electron chi connectivity index (χ4n) is 9.71. The van der Waals surface area contributed by atoms with E-state index in [0.717, 1.165) is 28.4 Å². The summed E-state index contributed by atoms with van der Waals surface area (Å²) in [6.07, 6.45) is 0. The zero-order valence-electron chi connectivity index (χ0n) is 34.3. The zero-order valence-corrected chi connectivity index (χ0v) is 35.3.